The van der Waals surface area contributed by atoms with E-state index in [0.29, 0.717) is 0 Å². The zero-order valence-electron chi connectivity index (χ0n) is 5.74. The summed E-state index contributed by atoms with van der Waals surface area (Å²) in [6.07, 6.45) is 0. The summed E-state index contributed by atoms with van der Waals surface area (Å²) in [6.45, 7) is 1.39. The molecule has 0 amide bonds. The molecule has 0 saturated heterocycles. The largest absolute Gasteiger partial charge is 0.290 e. The Morgan fingerprint density at radius 1 is 1.64 bits per heavy atom. The first-order chi connectivity index (χ1) is 5.11. The number of rotatable bonds is 1. The monoisotopic (exact) mass is 156 g/mol. The van der Waals surface area contributed by atoms with Gasteiger partial charge in [0.15, 0.2) is 0 Å². The molecule has 1 rings (SSSR count). The van der Waals surface area contributed by atoms with Crippen molar-refractivity contribution in [3.63, 3.8) is 0 Å². The van der Waals surface area contributed by atoms with Gasteiger partial charge in [0.05, 0.1) is 4.92 Å². The first-order valence-electron chi connectivity index (χ1n) is 2.89. The van der Waals surface area contributed by atoms with Crippen molar-refractivity contribution in [1.29, 1.82) is 0 Å². The molecule has 0 bridgehead atoms. The molecular weight excluding hydrogens is 151 g/mol. The second-order valence-corrected chi connectivity index (χ2v) is 2.00. The topological polar surface area (TPSA) is 56.0 Å². The molecule has 58 valence electrons. The summed E-state index contributed by atoms with van der Waals surface area (Å²) in [4.78, 5) is 12.9. The van der Waals surface area contributed by atoms with E-state index in [1.807, 2.05) is 0 Å². The first-order valence-corrected chi connectivity index (χ1v) is 2.89. The van der Waals surface area contributed by atoms with E-state index < -0.39 is 10.9 Å². The van der Waals surface area contributed by atoms with Crippen LogP contribution in [-0.2, 0) is 0 Å². The fourth-order valence-electron chi connectivity index (χ4n) is 0.716. The van der Waals surface area contributed by atoms with Crippen LogP contribution in [0.25, 0.3) is 0 Å². The molecule has 1 aromatic heterocycles. The highest BCUT2D eigenvalue weighted by Crippen LogP contribution is 2.14. The van der Waals surface area contributed by atoms with Crippen molar-refractivity contribution in [3.8, 4) is 0 Å². The SMILES string of the molecule is Cc1nc(F)ccc1[N+](=O)[O-]. The number of hydrogen-bond donors (Lipinski definition) is 0. The summed E-state index contributed by atoms with van der Waals surface area (Å²) < 4.78 is 12.3. The summed E-state index contributed by atoms with van der Waals surface area (Å²) >= 11 is 0. The Balaban J connectivity index is 3.20. The number of halogens is 1. The Labute approximate surface area is 61.8 Å². The Morgan fingerprint density at radius 2 is 2.27 bits per heavy atom. The van der Waals surface area contributed by atoms with Gasteiger partial charge in [0, 0.05) is 12.1 Å². The fraction of sp³-hybridized carbons (Fsp3) is 0.167. The molecule has 0 spiro atoms. The molecule has 0 aliphatic carbocycles. The number of nitrogens with zero attached hydrogens (tertiary/aromatic N) is 2. The van der Waals surface area contributed by atoms with Crippen molar-refractivity contribution in [1.82, 2.24) is 4.98 Å². The van der Waals surface area contributed by atoms with E-state index in [1.54, 1.807) is 0 Å². The quantitative estimate of drug-likeness (QED) is 0.351. The number of pyridine rings is 1. The van der Waals surface area contributed by atoms with Gasteiger partial charge in [0.2, 0.25) is 5.95 Å². The minimum absolute atomic E-state index is 0.0926. The average Bonchev–Trinajstić information content (AvgIpc) is 1.85. The van der Waals surface area contributed by atoms with Crippen LogP contribution in [0.3, 0.4) is 0 Å². The van der Waals surface area contributed by atoms with E-state index in [4.69, 9.17) is 0 Å². The standard InChI is InChI=1S/C6H5FN2O2/c1-4-5(9(10)11)2-3-6(7)8-4/h2-3H,1H3. The van der Waals surface area contributed by atoms with E-state index >= 15 is 0 Å². The van der Waals surface area contributed by atoms with Gasteiger partial charge in [-0.1, -0.05) is 0 Å². The summed E-state index contributed by atoms with van der Waals surface area (Å²) in [5.74, 6) is -0.701. The number of nitro groups is 1. The maximum Gasteiger partial charge on any atom is 0.290 e. The van der Waals surface area contributed by atoms with Crippen LogP contribution in [0.15, 0.2) is 12.1 Å². The number of aromatic nitrogens is 1. The third-order valence-electron chi connectivity index (χ3n) is 1.22. The molecule has 0 fully saturated rings. The minimum atomic E-state index is -0.701. The van der Waals surface area contributed by atoms with E-state index in [-0.39, 0.29) is 11.4 Å². The molecule has 0 atom stereocenters. The van der Waals surface area contributed by atoms with Gasteiger partial charge >= 0.3 is 0 Å². The Hall–Kier alpha value is -1.52. The van der Waals surface area contributed by atoms with Gasteiger partial charge < -0.3 is 0 Å². The Bertz CT molecular complexity index is 301. The highest BCUT2D eigenvalue weighted by molar-refractivity contribution is 5.33. The summed E-state index contributed by atoms with van der Waals surface area (Å²) in [6, 6.07) is 2.06. The van der Waals surface area contributed by atoms with Gasteiger partial charge in [-0.15, -0.1) is 0 Å². The predicted molar refractivity (Wildman–Crippen MR) is 35.6 cm³/mol. The van der Waals surface area contributed by atoms with Crippen LogP contribution in [-0.4, -0.2) is 9.91 Å². The molecule has 0 saturated carbocycles. The summed E-state index contributed by atoms with van der Waals surface area (Å²) in [5.41, 5.74) is -0.0681. The molecule has 0 aliphatic rings. The number of hydrogen-bond acceptors (Lipinski definition) is 3. The van der Waals surface area contributed by atoms with Gasteiger partial charge in [0.1, 0.15) is 5.69 Å². The predicted octanol–water partition coefficient (Wildman–Crippen LogP) is 1.44. The highest BCUT2D eigenvalue weighted by Gasteiger charge is 2.10. The number of aryl methyl sites for hydroxylation is 1. The molecule has 1 heterocycles. The molecule has 0 radical (unpaired) electrons. The minimum Gasteiger partial charge on any atom is -0.258 e. The van der Waals surface area contributed by atoms with Crippen LogP contribution in [0.4, 0.5) is 10.1 Å². The van der Waals surface area contributed by atoms with Gasteiger partial charge in [-0.2, -0.15) is 4.39 Å². The Kier molecular flexibility index (Phi) is 1.80. The molecule has 0 aromatic carbocycles. The molecular formula is C6H5FN2O2. The molecule has 0 aliphatic heterocycles. The van der Waals surface area contributed by atoms with Crippen molar-refractivity contribution < 1.29 is 9.31 Å². The lowest BCUT2D eigenvalue weighted by Crippen LogP contribution is -1.95. The van der Waals surface area contributed by atoms with Crippen molar-refractivity contribution in [2.75, 3.05) is 0 Å². The van der Waals surface area contributed by atoms with Crippen LogP contribution in [0.2, 0.25) is 0 Å². The van der Waals surface area contributed by atoms with E-state index in [1.165, 1.54) is 6.92 Å². The van der Waals surface area contributed by atoms with Crippen molar-refractivity contribution in [2.24, 2.45) is 0 Å². The molecule has 1 aromatic rings. The lowest BCUT2D eigenvalue weighted by molar-refractivity contribution is -0.385. The summed E-state index contributed by atoms with van der Waals surface area (Å²) in [5, 5.41) is 10.2. The van der Waals surface area contributed by atoms with Crippen LogP contribution < -0.4 is 0 Å². The lowest BCUT2D eigenvalue weighted by atomic mass is 10.3. The fourth-order valence-corrected chi connectivity index (χ4v) is 0.716. The zero-order valence-corrected chi connectivity index (χ0v) is 5.74. The van der Waals surface area contributed by atoms with E-state index in [9.17, 15) is 14.5 Å². The molecule has 0 N–H and O–H groups in total. The maximum absolute atomic E-state index is 12.3. The molecule has 4 nitrogen and oxygen atoms in total. The van der Waals surface area contributed by atoms with Gasteiger partial charge in [0.25, 0.3) is 5.69 Å². The second-order valence-electron chi connectivity index (χ2n) is 2.00. The molecule has 0 unspecified atom stereocenters. The molecule has 5 heteroatoms. The highest BCUT2D eigenvalue weighted by atomic mass is 19.1. The van der Waals surface area contributed by atoms with Crippen LogP contribution >= 0.6 is 0 Å². The average molecular weight is 156 g/mol. The lowest BCUT2D eigenvalue weighted by Gasteiger charge is -1.93. The third kappa shape index (κ3) is 1.49. The summed E-state index contributed by atoms with van der Waals surface area (Å²) in [7, 11) is 0. The smallest absolute Gasteiger partial charge is 0.258 e. The van der Waals surface area contributed by atoms with Crippen LogP contribution in [0, 0.1) is 23.0 Å². The third-order valence-corrected chi connectivity index (χ3v) is 1.22. The van der Waals surface area contributed by atoms with Gasteiger partial charge in [-0.05, 0) is 6.92 Å². The Morgan fingerprint density at radius 3 is 2.73 bits per heavy atom. The van der Waals surface area contributed by atoms with Crippen LogP contribution in [0.5, 0.6) is 0 Å². The maximum atomic E-state index is 12.3. The van der Waals surface area contributed by atoms with Gasteiger partial charge in [-0.3, -0.25) is 10.1 Å². The molecule has 11 heavy (non-hydrogen) atoms. The van der Waals surface area contributed by atoms with Crippen molar-refractivity contribution >= 4 is 5.69 Å². The zero-order chi connectivity index (χ0) is 8.43. The first kappa shape index (κ1) is 7.59. The van der Waals surface area contributed by atoms with Crippen molar-refractivity contribution in [3.05, 3.63) is 33.9 Å². The van der Waals surface area contributed by atoms with E-state index in [2.05, 4.69) is 4.98 Å². The van der Waals surface area contributed by atoms with Crippen molar-refractivity contribution in [2.45, 2.75) is 6.92 Å². The van der Waals surface area contributed by atoms with E-state index in [0.717, 1.165) is 12.1 Å². The van der Waals surface area contributed by atoms with Gasteiger partial charge in [-0.25, -0.2) is 4.98 Å². The second kappa shape index (κ2) is 2.61. The normalized spacial score (nSPS) is 9.64. The van der Waals surface area contributed by atoms with Crippen LogP contribution in [0.1, 0.15) is 5.69 Å².